The third-order valence-corrected chi connectivity index (χ3v) is 3.98. The summed E-state index contributed by atoms with van der Waals surface area (Å²) in [5, 5.41) is 3.55. The molecule has 0 amide bonds. The fourth-order valence-corrected chi connectivity index (χ4v) is 2.80. The van der Waals surface area contributed by atoms with Gasteiger partial charge in [0.25, 0.3) is 0 Å². The van der Waals surface area contributed by atoms with E-state index < -0.39 is 0 Å². The van der Waals surface area contributed by atoms with Crippen LogP contribution in [0, 0.1) is 5.92 Å². The number of benzene rings is 1. The molecule has 112 valence electrons. The minimum Gasteiger partial charge on any atom is -0.381 e. The smallest absolute Gasteiger partial charge is 0.0605 e. The molecule has 0 aliphatic carbocycles. The van der Waals surface area contributed by atoms with Gasteiger partial charge < -0.3 is 15.0 Å². The van der Waals surface area contributed by atoms with Gasteiger partial charge in [0.15, 0.2) is 0 Å². The molecule has 0 aromatic heterocycles. The monoisotopic (exact) mass is 276 g/mol. The van der Waals surface area contributed by atoms with Gasteiger partial charge in [-0.2, -0.15) is 0 Å². The number of ether oxygens (including phenoxy) is 1. The molecule has 1 aromatic carbocycles. The van der Waals surface area contributed by atoms with Crippen LogP contribution in [0.1, 0.15) is 32.3 Å². The van der Waals surface area contributed by atoms with Gasteiger partial charge in [-0.25, -0.2) is 0 Å². The van der Waals surface area contributed by atoms with Gasteiger partial charge >= 0.3 is 0 Å². The van der Waals surface area contributed by atoms with E-state index >= 15 is 0 Å². The van der Waals surface area contributed by atoms with Crippen molar-refractivity contribution in [3.63, 3.8) is 0 Å². The van der Waals surface area contributed by atoms with Crippen molar-refractivity contribution in [1.29, 1.82) is 0 Å². The first kappa shape index (κ1) is 15.3. The second-order valence-corrected chi connectivity index (χ2v) is 6.08. The topological polar surface area (TPSA) is 24.5 Å². The molecular weight excluding hydrogens is 248 g/mol. The van der Waals surface area contributed by atoms with Gasteiger partial charge in [-0.1, -0.05) is 32.0 Å². The predicted molar refractivity (Wildman–Crippen MR) is 85.2 cm³/mol. The molecule has 1 heterocycles. The van der Waals surface area contributed by atoms with Crippen molar-refractivity contribution in [2.45, 2.75) is 39.3 Å². The normalized spacial score (nSPS) is 16.9. The van der Waals surface area contributed by atoms with Crippen LogP contribution in [0.15, 0.2) is 24.3 Å². The van der Waals surface area contributed by atoms with Gasteiger partial charge in [0, 0.05) is 32.4 Å². The van der Waals surface area contributed by atoms with E-state index in [9.17, 15) is 0 Å². The average Bonchev–Trinajstić information content (AvgIpc) is 2.47. The largest absolute Gasteiger partial charge is 0.381 e. The van der Waals surface area contributed by atoms with E-state index in [1.165, 1.54) is 11.3 Å². The van der Waals surface area contributed by atoms with Crippen LogP contribution in [0.2, 0.25) is 0 Å². The van der Waals surface area contributed by atoms with Crippen molar-refractivity contribution in [1.82, 2.24) is 5.32 Å². The first-order valence-electron chi connectivity index (χ1n) is 7.77. The molecule has 20 heavy (non-hydrogen) atoms. The zero-order valence-electron chi connectivity index (χ0n) is 13.1. The fraction of sp³-hybridized carbons (Fsp3) is 0.647. The quantitative estimate of drug-likeness (QED) is 0.864. The molecule has 0 bridgehead atoms. The Morgan fingerprint density at radius 2 is 1.95 bits per heavy atom. The van der Waals surface area contributed by atoms with E-state index in [2.05, 4.69) is 48.3 Å². The van der Waals surface area contributed by atoms with Crippen molar-refractivity contribution in [3.8, 4) is 0 Å². The molecule has 1 saturated heterocycles. The highest BCUT2D eigenvalue weighted by molar-refractivity contribution is 5.54. The highest BCUT2D eigenvalue weighted by atomic mass is 16.5. The van der Waals surface area contributed by atoms with E-state index in [0.717, 1.165) is 39.0 Å². The number of rotatable bonds is 6. The number of para-hydroxylation sites is 1. The molecule has 1 aliphatic heterocycles. The van der Waals surface area contributed by atoms with Gasteiger partial charge in [0.1, 0.15) is 0 Å². The molecule has 0 atom stereocenters. The first-order chi connectivity index (χ1) is 9.70. The molecule has 1 fully saturated rings. The lowest BCUT2D eigenvalue weighted by atomic mass is 10.0. The minimum absolute atomic E-state index is 0.442. The maximum Gasteiger partial charge on any atom is 0.0605 e. The maximum atomic E-state index is 5.46. The molecule has 1 aliphatic rings. The third kappa shape index (κ3) is 4.22. The van der Waals surface area contributed by atoms with Crippen LogP contribution in [0.25, 0.3) is 0 Å². The van der Waals surface area contributed by atoms with Crippen molar-refractivity contribution in [3.05, 3.63) is 29.8 Å². The summed E-state index contributed by atoms with van der Waals surface area (Å²) in [5.74, 6) is 0.694. The van der Waals surface area contributed by atoms with Gasteiger partial charge in [-0.05, 0) is 36.9 Å². The average molecular weight is 276 g/mol. The van der Waals surface area contributed by atoms with Crippen LogP contribution in [-0.2, 0) is 11.3 Å². The van der Waals surface area contributed by atoms with Crippen LogP contribution < -0.4 is 10.2 Å². The molecule has 3 nitrogen and oxygen atoms in total. The molecule has 2 rings (SSSR count). The van der Waals surface area contributed by atoms with E-state index in [-0.39, 0.29) is 0 Å². The summed E-state index contributed by atoms with van der Waals surface area (Å²) in [6.45, 7) is 8.71. The fourth-order valence-electron chi connectivity index (χ4n) is 2.80. The summed E-state index contributed by atoms with van der Waals surface area (Å²) >= 11 is 0. The van der Waals surface area contributed by atoms with Crippen LogP contribution >= 0.6 is 0 Å². The van der Waals surface area contributed by atoms with Gasteiger partial charge in [-0.15, -0.1) is 0 Å². The Morgan fingerprint density at radius 3 is 2.60 bits per heavy atom. The highest BCUT2D eigenvalue weighted by Gasteiger charge is 2.20. The Morgan fingerprint density at radius 1 is 1.25 bits per heavy atom. The van der Waals surface area contributed by atoms with E-state index in [1.807, 2.05) is 7.11 Å². The van der Waals surface area contributed by atoms with Crippen LogP contribution in [0.4, 0.5) is 5.69 Å². The number of nitrogens with one attached hydrogen (secondary N) is 1. The second-order valence-electron chi connectivity index (χ2n) is 6.08. The predicted octanol–water partition coefficient (Wildman–Crippen LogP) is 3.05. The molecule has 0 radical (unpaired) electrons. The Kier molecular flexibility index (Phi) is 5.86. The zero-order valence-corrected chi connectivity index (χ0v) is 13.1. The van der Waals surface area contributed by atoms with E-state index in [4.69, 9.17) is 4.74 Å². The lowest BCUT2D eigenvalue weighted by Crippen LogP contribution is -2.37. The van der Waals surface area contributed by atoms with Crippen LogP contribution in [0.5, 0.6) is 0 Å². The maximum absolute atomic E-state index is 5.46. The lowest BCUT2D eigenvalue weighted by Gasteiger charge is -2.34. The lowest BCUT2D eigenvalue weighted by molar-refractivity contribution is 0.0819. The number of anilines is 1. The summed E-state index contributed by atoms with van der Waals surface area (Å²) in [6, 6.07) is 8.77. The molecule has 3 heteroatoms. The zero-order chi connectivity index (χ0) is 14.4. The van der Waals surface area contributed by atoms with E-state index in [1.54, 1.807) is 0 Å². The number of hydrogen-bond acceptors (Lipinski definition) is 3. The van der Waals surface area contributed by atoms with Gasteiger partial charge in [0.05, 0.1) is 6.10 Å². The van der Waals surface area contributed by atoms with Crippen LogP contribution in [-0.4, -0.2) is 32.8 Å². The summed E-state index contributed by atoms with van der Waals surface area (Å²) in [5.41, 5.74) is 2.79. The third-order valence-electron chi connectivity index (χ3n) is 3.98. The van der Waals surface area contributed by atoms with Gasteiger partial charge in [0.2, 0.25) is 0 Å². The van der Waals surface area contributed by atoms with Crippen LogP contribution in [0.3, 0.4) is 0 Å². The number of hydrogen-bond donors (Lipinski definition) is 1. The summed E-state index contributed by atoms with van der Waals surface area (Å²) in [4.78, 5) is 2.50. The SMILES string of the molecule is COC1CCN(c2ccccc2CNCC(C)C)CC1. The Balaban J connectivity index is 1.97. The Hall–Kier alpha value is -1.06. The van der Waals surface area contributed by atoms with Crippen molar-refractivity contribution in [2.24, 2.45) is 5.92 Å². The first-order valence-corrected chi connectivity index (χ1v) is 7.77. The van der Waals surface area contributed by atoms with Crippen molar-refractivity contribution < 1.29 is 4.74 Å². The molecule has 1 aromatic rings. The molecular formula is C17H28N2O. The molecule has 0 saturated carbocycles. The van der Waals surface area contributed by atoms with Gasteiger partial charge in [-0.3, -0.25) is 0 Å². The summed E-state index contributed by atoms with van der Waals surface area (Å²) in [7, 11) is 1.82. The highest BCUT2D eigenvalue weighted by Crippen LogP contribution is 2.24. The van der Waals surface area contributed by atoms with Crippen molar-refractivity contribution >= 4 is 5.69 Å². The summed E-state index contributed by atoms with van der Waals surface area (Å²) in [6.07, 6.45) is 2.70. The Labute approximate surface area is 123 Å². The van der Waals surface area contributed by atoms with Crippen molar-refractivity contribution in [2.75, 3.05) is 31.6 Å². The molecule has 1 N–H and O–H groups in total. The standard InChI is InChI=1S/C17H28N2O/c1-14(2)12-18-13-15-6-4-5-7-17(15)19-10-8-16(20-3)9-11-19/h4-7,14,16,18H,8-13H2,1-3H3. The van der Waals surface area contributed by atoms with E-state index in [0.29, 0.717) is 12.0 Å². The number of methoxy groups -OCH3 is 1. The molecule has 0 unspecified atom stereocenters. The molecule has 0 spiro atoms. The number of piperidine rings is 1. The number of nitrogens with zero attached hydrogens (tertiary/aromatic N) is 1. The second kappa shape index (κ2) is 7.65. The minimum atomic E-state index is 0.442. The Bertz CT molecular complexity index is 398. The summed E-state index contributed by atoms with van der Waals surface area (Å²) < 4.78 is 5.46.